The number of amidine groups is 1. The van der Waals surface area contributed by atoms with Gasteiger partial charge in [0.15, 0.2) is 16.6 Å². The minimum Gasteiger partial charge on any atom is -0.390 e. The topological polar surface area (TPSA) is 128 Å². The molecule has 0 fully saturated rings. The molecular weight excluding hydrogens is 349 g/mol. The summed E-state index contributed by atoms with van der Waals surface area (Å²) in [6, 6.07) is 5.40. The highest BCUT2D eigenvalue weighted by Crippen LogP contribution is 2.24. The molecule has 0 unspecified atom stereocenters. The SMILES string of the molecule is CC(C)(O)CCSc1nonc1C(=Nc1ccc(F)c(C#N)c1)NO. The number of hydrogen-bond donors (Lipinski definition) is 3. The Morgan fingerprint density at radius 2 is 2.24 bits per heavy atom. The summed E-state index contributed by atoms with van der Waals surface area (Å²) in [5, 5.41) is 35.7. The third-order valence-electron chi connectivity index (χ3n) is 3.05. The van der Waals surface area contributed by atoms with E-state index in [1.54, 1.807) is 19.9 Å². The van der Waals surface area contributed by atoms with Gasteiger partial charge in [-0.25, -0.2) is 14.0 Å². The second-order valence-corrected chi connectivity index (χ2v) is 6.76. The summed E-state index contributed by atoms with van der Waals surface area (Å²) in [4.78, 5) is 4.10. The van der Waals surface area contributed by atoms with Gasteiger partial charge in [0.05, 0.1) is 16.9 Å². The Balaban J connectivity index is 2.24. The number of nitrogens with one attached hydrogen (secondary N) is 1. The lowest BCUT2D eigenvalue weighted by Gasteiger charge is -2.15. The van der Waals surface area contributed by atoms with E-state index in [2.05, 4.69) is 19.9 Å². The first kappa shape index (κ1) is 18.9. The summed E-state index contributed by atoms with van der Waals surface area (Å²) >= 11 is 1.27. The predicted molar refractivity (Wildman–Crippen MR) is 88.2 cm³/mol. The van der Waals surface area contributed by atoms with Crippen LogP contribution >= 0.6 is 11.8 Å². The zero-order chi connectivity index (χ0) is 18.4. The van der Waals surface area contributed by atoms with Crippen LogP contribution in [0.4, 0.5) is 10.1 Å². The Kier molecular flexibility index (Phi) is 6.08. The lowest BCUT2D eigenvalue weighted by molar-refractivity contribution is 0.0777. The summed E-state index contributed by atoms with van der Waals surface area (Å²) in [7, 11) is 0. The van der Waals surface area contributed by atoms with Gasteiger partial charge in [-0.15, -0.1) is 11.8 Å². The maximum absolute atomic E-state index is 13.4. The Morgan fingerprint density at radius 1 is 1.48 bits per heavy atom. The van der Waals surface area contributed by atoms with Crippen molar-refractivity contribution in [1.29, 1.82) is 5.26 Å². The fourth-order valence-electron chi connectivity index (χ4n) is 1.75. The first-order chi connectivity index (χ1) is 11.8. The van der Waals surface area contributed by atoms with Gasteiger partial charge < -0.3 is 5.11 Å². The average Bonchev–Trinajstić information content (AvgIpc) is 3.01. The molecule has 1 heterocycles. The molecule has 8 nitrogen and oxygen atoms in total. The molecule has 3 N–H and O–H groups in total. The van der Waals surface area contributed by atoms with Crippen LogP contribution in [0.15, 0.2) is 32.8 Å². The van der Waals surface area contributed by atoms with E-state index >= 15 is 0 Å². The van der Waals surface area contributed by atoms with Gasteiger partial charge in [0.2, 0.25) is 0 Å². The Labute approximate surface area is 147 Å². The molecule has 0 spiro atoms. The molecule has 0 saturated heterocycles. The lowest BCUT2D eigenvalue weighted by atomic mass is 10.1. The highest BCUT2D eigenvalue weighted by atomic mass is 32.2. The molecule has 0 aliphatic heterocycles. The van der Waals surface area contributed by atoms with Gasteiger partial charge in [0.25, 0.3) is 0 Å². The minimum atomic E-state index is -0.821. The van der Waals surface area contributed by atoms with E-state index in [0.717, 1.165) is 6.07 Å². The first-order valence-corrected chi connectivity index (χ1v) is 8.19. The smallest absolute Gasteiger partial charge is 0.186 e. The molecule has 10 heteroatoms. The Bertz CT molecular complexity index is 810. The molecular formula is C15H16FN5O3S. The van der Waals surface area contributed by atoms with Crippen LogP contribution in [0.2, 0.25) is 0 Å². The van der Waals surface area contributed by atoms with Crippen LogP contribution in [0, 0.1) is 17.1 Å². The average molecular weight is 365 g/mol. The van der Waals surface area contributed by atoms with E-state index in [1.165, 1.54) is 23.9 Å². The lowest BCUT2D eigenvalue weighted by Crippen LogP contribution is -2.21. The molecule has 2 rings (SSSR count). The zero-order valence-corrected chi connectivity index (χ0v) is 14.3. The summed E-state index contributed by atoms with van der Waals surface area (Å²) in [6.07, 6.45) is 0.506. The summed E-state index contributed by atoms with van der Waals surface area (Å²) < 4.78 is 18.1. The Hall–Kier alpha value is -2.48. The first-order valence-electron chi connectivity index (χ1n) is 7.20. The summed E-state index contributed by atoms with van der Waals surface area (Å²) in [5.74, 6) is -0.188. The maximum Gasteiger partial charge on any atom is 0.186 e. The van der Waals surface area contributed by atoms with Crippen molar-refractivity contribution in [3.63, 3.8) is 0 Å². The highest BCUT2D eigenvalue weighted by molar-refractivity contribution is 7.99. The number of halogens is 1. The minimum absolute atomic E-state index is 0.0671. The number of nitriles is 1. The number of aliphatic hydroxyl groups is 1. The molecule has 0 bridgehead atoms. The normalized spacial score (nSPS) is 12.1. The number of aliphatic imine (C=N–C) groups is 1. The van der Waals surface area contributed by atoms with Crippen LogP contribution < -0.4 is 5.48 Å². The van der Waals surface area contributed by atoms with E-state index in [9.17, 15) is 14.7 Å². The molecule has 132 valence electrons. The molecule has 0 amide bonds. The van der Waals surface area contributed by atoms with Crippen LogP contribution in [0.3, 0.4) is 0 Å². The maximum atomic E-state index is 13.4. The van der Waals surface area contributed by atoms with Crippen LogP contribution in [0.1, 0.15) is 31.5 Å². The standard InChI is InChI=1S/C15H16FN5O3S/c1-15(2,22)5-6-25-14-12(20-24-21-14)13(19-23)18-10-3-4-11(16)9(7-10)8-17/h3-4,7,22-23H,5-6H2,1-2H3,(H,18,19). The fraction of sp³-hybridized carbons (Fsp3) is 0.333. The number of aromatic nitrogens is 2. The van der Waals surface area contributed by atoms with E-state index < -0.39 is 11.4 Å². The molecule has 1 aromatic heterocycles. The van der Waals surface area contributed by atoms with Gasteiger partial charge >= 0.3 is 0 Å². The Morgan fingerprint density at radius 3 is 2.88 bits per heavy atom. The monoisotopic (exact) mass is 365 g/mol. The van der Waals surface area contributed by atoms with E-state index in [0.29, 0.717) is 17.2 Å². The molecule has 25 heavy (non-hydrogen) atoms. The molecule has 0 atom stereocenters. The van der Waals surface area contributed by atoms with Crippen molar-refractivity contribution >= 4 is 23.3 Å². The second kappa shape index (κ2) is 8.06. The van der Waals surface area contributed by atoms with Crippen LogP contribution in [-0.4, -0.2) is 37.8 Å². The van der Waals surface area contributed by atoms with E-state index in [-0.39, 0.29) is 22.8 Å². The number of rotatable bonds is 6. The molecule has 0 aliphatic rings. The van der Waals surface area contributed by atoms with Crippen molar-refractivity contribution < 1.29 is 19.3 Å². The van der Waals surface area contributed by atoms with Gasteiger partial charge in [-0.1, -0.05) is 0 Å². The number of hydroxylamine groups is 1. The largest absolute Gasteiger partial charge is 0.390 e. The molecule has 0 radical (unpaired) electrons. The highest BCUT2D eigenvalue weighted by Gasteiger charge is 2.19. The van der Waals surface area contributed by atoms with E-state index in [1.807, 2.05) is 5.48 Å². The molecule has 1 aromatic carbocycles. The van der Waals surface area contributed by atoms with Gasteiger partial charge in [-0.3, -0.25) is 10.7 Å². The van der Waals surface area contributed by atoms with Crippen molar-refractivity contribution in [3.8, 4) is 6.07 Å². The van der Waals surface area contributed by atoms with Gasteiger partial charge in [-0.05, 0) is 48.8 Å². The van der Waals surface area contributed by atoms with Crippen LogP contribution in [-0.2, 0) is 0 Å². The zero-order valence-electron chi connectivity index (χ0n) is 13.5. The van der Waals surface area contributed by atoms with Gasteiger partial charge in [-0.2, -0.15) is 5.26 Å². The third-order valence-corrected chi connectivity index (χ3v) is 4.00. The number of nitrogens with zero attached hydrogens (tertiary/aromatic N) is 4. The van der Waals surface area contributed by atoms with Crippen LogP contribution in [0.5, 0.6) is 0 Å². The third kappa shape index (κ3) is 5.25. The van der Waals surface area contributed by atoms with Crippen molar-refractivity contribution in [2.24, 2.45) is 4.99 Å². The van der Waals surface area contributed by atoms with E-state index in [4.69, 9.17) is 5.26 Å². The fourth-order valence-corrected chi connectivity index (χ4v) is 2.90. The molecule has 0 saturated carbocycles. The number of benzene rings is 1. The van der Waals surface area contributed by atoms with Crippen molar-refractivity contribution in [3.05, 3.63) is 35.3 Å². The van der Waals surface area contributed by atoms with Crippen molar-refractivity contribution in [1.82, 2.24) is 15.8 Å². The van der Waals surface area contributed by atoms with Crippen molar-refractivity contribution in [2.45, 2.75) is 30.9 Å². The van der Waals surface area contributed by atoms with Gasteiger partial charge in [0, 0.05) is 5.75 Å². The predicted octanol–water partition coefficient (Wildman–Crippen LogP) is 2.39. The van der Waals surface area contributed by atoms with Gasteiger partial charge in [0.1, 0.15) is 11.9 Å². The molecule has 0 aliphatic carbocycles. The number of hydrogen-bond acceptors (Lipinski definition) is 8. The van der Waals surface area contributed by atoms with Crippen LogP contribution in [0.25, 0.3) is 0 Å². The number of thioether (sulfide) groups is 1. The molecule has 2 aromatic rings. The summed E-state index contributed by atoms with van der Waals surface area (Å²) in [5.41, 5.74) is 1.31. The second-order valence-electron chi connectivity index (χ2n) is 5.68. The quantitative estimate of drug-likeness (QED) is 0.308. The van der Waals surface area contributed by atoms with Crippen molar-refractivity contribution in [2.75, 3.05) is 5.75 Å². The summed E-state index contributed by atoms with van der Waals surface area (Å²) in [6.45, 7) is 3.39.